The van der Waals surface area contributed by atoms with Crippen molar-refractivity contribution < 1.29 is 27.6 Å². The zero-order chi connectivity index (χ0) is 46.4. The summed E-state index contributed by atoms with van der Waals surface area (Å²) >= 11 is 0. The molecular weight excluding hydrogens is 863 g/mol. The summed E-state index contributed by atoms with van der Waals surface area (Å²) in [5.74, 6) is -1.03. The quantitative estimate of drug-likeness (QED) is 0.181. The first-order valence-corrected chi connectivity index (χ1v) is 22.7. The number of nitrogens with one attached hydrogen (secondary N) is 1. The number of ether oxygens (including phenoxy) is 2. The molecule has 2 unspecified atom stereocenters. The third-order valence-corrected chi connectivity index (χ3v) is 14.8. The molecule has 3 fully saturated rings. The van der Waals surface area contributed by atoms with E-state index in [1.54, 1.807) is 60.7 Å². The Morgan fingerprint density at radius 1 is 0.940 bits per heavy atom. The number of halogens is 2. The van der Waals surface area contributed by atoms with E-state index in [2.05, 4.69) is 54.2 Å². The first-order chi connectivity index (χ1) is 32.1. The highest BCUT2D eigenvalue weighted by Gasteiger charge is 2.59. The van der Waals surface area contributed by atoms with Crippen molar-refractivity contribution >= 4 is 27.7 Å². The number of hydrogen-bond donors (Lipinski definition) is 1. The number of morpholine rings is 1. The van der Waals surface area contributed by atoms with E-state index in [9.17, 15) is 9.59 Å². The molecule has 1 N–H and O–H groups in total. The van der Waals surface area contributed by atoms with Crippen molar-refractivity contribution in [3.63, 3.8) is 0 Å². The van der Waals surface area contributed by atoms with E-state index >= 15 is 13.6 Å². The lowest BCUT2D eigenvalue weighted by molar-refractivity contribution is -0.0592. The third-order valence-electron chi connectivity index (χ3n) is 14.8. The van der Waals surface area contributed by atoms with Crippen LogP contribution in [0.1, 0.15) is 96.3 Å². The van der Waals surface area contributed by atoms with Crippen molar-refractivity contribution in [2.24, 2.45) is 13.0 Å². The number of benzene rings is 3. The number of hydrogen-bond acceptors (Lipinski definition) is 9. The third kappa shape index (κ3) is 6.14. The molecule has 2 saturated heterocycles. The Balaban J connectivity index is 1.03. The molecule has 1 aliphatic carbocycles. The number of H-pyrrole nitrogens is 1. The summed E-state index contributed by atoms with van der Waals surface area (Å²) in [6.45, 7) is 10.6. The Morgan fingerprint density at radius 3 is 2.43 bits per heavy atom. The van der Waals surface area contributed by atoms with Gasteiger partial charge in [0.1, 0.15) is 22.9 Å². The summed E-state index contributed by atoms with van der Waals surface area (Å²) in [5.41, 5.74) is 3.73. The number of aryl methyl sites for hydroxylation is 3. The fourth-order valence-electron chi connectivity index (χ4n) is 11.4. The van der Waals surface area contributed by atoms with Gasteiger partial charge >= 0.3 is 11.4 Å². The predicted octanol–water partition coefficient (Wildman–Crippen LogP) is 6.82. The SMILES string of the molecule is Cc1cc(-n2nc3c(c2-n2ccn(-c4ccc5c(cnn5C)c4F)c2=O)C2COCC(C3)N2C(=O)c2cc3cc([C@H]4CCOC(C)(C)C4)ccc3n2[C@@]2(c3noc(=O)[nH]3)C[C@@H]2C)cc(C)c1F. The molecule has 0 spiro atoms. The molecule has 0 radical (unpaired) electrons. The maximum atomic E-state index is 16.2. The molecule has 344 valence electrons. The van der Waals surface area contributed by atoms with Gasteiger partial charge in [-0.25, -0.2) is 23.1 Å². The second-order valence-electron chi connectivity index (χ2n) is 19.5. The van der Waals surface area contributed by atoms with Gasteiger partial charge in [0.2, 0.25) is 0 Å². The molecule has 18 heteroatoms. The van der Waals surface area contributed by atoms with Crippen molar-refractivity contribution in [1.82, 2.24) is 48.3 Å². The van der Waals surface area contributed by atoms with Gasteiger partial charge in [0.15, 0.2) is 11.6 Å². The normalized spacial score (nSPS) is 23.3. The zero-order valence-corrected chi connectivity index (χ0v) is 37.8. The Kier molecular flexibility index (Phi) is 9.01. The van der Waals surface area contributed by atoms with Crippen molar-refractivity contribution in [3.05, 3.63) is 139 Å². The van der Waals surface area contributed by atoms with Crippen LogP contribution >= 0.6 is 0 Å². The lowest BCUT2D eigenvalue weighted by Crippen LogP contribution is -2.55. The molecule has 5 aromatic heterocycles. The van der Waals surface area contributed by atoms with E-state index < -0.39 is 34.9 Å². The maximum Gasteiger partial charge on any atom is 0.438 e. The minimum Gasteiger partial charge on any atom is -0.377 e. The molecule has 3 aliphatic heterocycles. The van der Waals surface area contributed by atoms with Crippen molar-refractivity contribution in [1.29, 1.82) is 0 Å². The molecule has 16 nitrogen and oxygen atoms in total. The molecular formula is C49H48F2N10O6. The van der Waals surface area contributed by atoms with Crippen LogP contribution in [-0.4, -0.2) is 85.7 Å². The van der Waals surface area contributed by atoms with Gasteiger partial charge in [0.25, 0.3) is 5.91 Å². The maximum absolute atomic E-state index is 16.2. The molecule has 1 saturated carbocycles. The molecule has 5 atom stereocenters. The highest BCUT2D eigenvalue weighted by Crippen LogP contribution is 2.56. The summed E-state index contributed by atoms with van der Waals surface area (Å²) in [4.78, 5) is 47.9. The van der Waals surface area contributed by atoms with Gasteiger partial charge in [-0.15, -0.1) is 0 Å². The van der Waals surface area contributed by atoms with Gasteiger partial charge in [-0.3, -0.25) is 28.1 Å². The van der Waals surface area contributed by atoms with Crippen LogP contribution in [0.4, 0.5) is 8.78 Å². The van der Waals surface area contributed by atoms with Crippen molar-refractivity contribution in [3.8, 4) is 17.2 Å². The number of nitrogens with zero attached hydrogens (tertiary/aromatic N) is 9. The Bertz CT molecular complexity index is 3470. The van der Waals surface area contributed by atoms with Crippen LogP contribution in [0.15, 0.2) is 81.2 Å². The first-order valence-electron chi connectivity index (χ1n) is 22.7. The standard InChI is InChI=1S/C49H48F2N10O6/c1-25-15-31(16-26(2)41(25)50)61-43(58-13-12-57(47(58)64)37-10-9-36-33(42(37)51)22-52-56(36)6)40-34(54-61)19-32-23-65-24-39(40)59(32)44(62)38-18-30-17-28(29-11-14-66-48(4,5)21-29)7-8-35(30)60(38)49(20-27(49)3)45-53-46(63)67-55-45/h7-10,12-13,15-18,22,27,29,32,39H,11,14,19-21,23-24H2,1-6H3,(H,53,55,63)/t27-,29-,32?,39?,49-/m0/s1. The molecule has 1 amide bonds. The van der Waals surface area contributed by atoms with Crippen LogP contribution in [0, 0.1) is 31.4 Å². The summed E-state index contributed by atoms with van der Waals surface area (Å²) < 4.78 is 56.7. The molecule has 67 heavy (non-hydrogen) atoms. The molecule has 12 rings (SSSR count). The van der Waals surface area contributed by atoms with Crippen molar-refractivity contribution in [2.75, 3.05) is 19.8 Å². The number of aromatic amines is 1. The second kappa shape index (κ2) is 14.5. The number of fused-ring (bicyclic) bond motifs is 6. The molecule has 4 aliphatic rings. The van der Waals surface area contributed by atoms with E-state index in [0.29, 0.717) is 64.0 Å². The second-order valence-corrected chi connectivity index (χ2v) is 19.5. The van der Waals surface area contributed by atoms with E-state index in [1.165, 1.54) is 21.5 Å². The van der Waals surface area contributed by atoms with Crippen LogP contribution in [0.5, 0.6) is 0 Å². The fourth-order valence-corrected chi connectivity index (χ4v) is 11.4. The number of carbonyl (C=O) groups excluding carboxylic acids is 1. The van der Waals surface area contributed by atoms with Gasteiger partial charge in [0, 0.05) is 48.9 Å². The molecule has 8 heterocycles. The van der Waals surface area contributed by atoms with Crippen molar-refractivity contribution in [2.45, 2.75) is 89.4 Å². The number of aromatic nitrogens is 9. The monoisotopic (exact) mass is 910 g/mol. The van der Waals surface area contributed by atoms with Gasteiger partial charge in [0.05, 0.1) is 65.1 Å². The van der Waals surface area contributed by atoms with Crippen LogP contribution in [0.25, 0.3) is 39.0 Å². The topological polar surface area (TPSA) is 165 Å². The molecule has 3 aromatic carbocycles. The Hall–Kier alpha value is -6.92. The van der Waals surface area contributed by atoms with Crippen LogP contribution < -0.4 is 11.4 Å². The van der Waals surface area contributed by atoms with Crippen LogP contribution in [0.2, 0.25) is 0 Å². The number of amides is 1. The minimum atomic E-state index is -0.883. The molecule has 8 aromatic rings. The summed E-state index contributed by atoms with van der Waals surface area (Å²) in [7, 11) is 1.72. The Labute approximate surface area is 381 Å². The minimum absolute atomic E-state index is 0.0192. The van der Waals surface area contributed by atoms with Crippen LogP contribution in [0.3, 0.4) is 0 Å². The van der Waals surface area contributed by atoms with Gasteiger partial charge in [-0.2, -0.15) is 10.2 Å². The number of rotatable bonds is 7. The lowest BCUT2D eigenvalue weighted by Gasteiger charge is -2.45. The highest BCUT2D eigenvalue weighted by molar-refractivity contribution is 6.00. The van der Waals surface area contributed by atoms with E-state index in [1.807, 2.05) is 15.5 Å². The average Bonchev–Trinajstić information content (AvgIpc) is 3.92. The molecule has 2 bridgehead atoms. The highest BCUT2D eigenvalue weighted by atomic mass is 19.1. The first kappa shape index (κ1) is 41.5. The summed E-state index contributed by atoms with van der Waals surface area (Å²) in [5, 5.41) is 14.7. The predicted molar refractivity (Wildman–Crippen MR) is 241 cm³/mol. The largest absolute Gasteiger partial charge is 0.438 e. The smallest absolute Gasteiger partial charge is 0.377 e. The summed E-state index contributed by atoms with van der Waals surface area (Å²) in [6.07, 6.45) is 7.07. The fraction of sp³-hybridized carbons (Fsp3) is 0.388. The zero-order valence-electron chi connectivity index (χ0n) is 37.8. The van der Waals surface area contributed by atoms with E-state index in [-0.39, 0.29) is 59.9 Å². The lowest BCUT2D eigenvalue weighted by atomic mass is 9.83. The van der Waals surface area contributed by atoms with Crippen LogP contribution in [-0.2, 0) is 28.5 Å². The van der Waals surface area contributed by atoms with Gasteiger partial charge in [-0.05, 0) is 118 Å². The Morgan fingerprint density at radius 2 is 1.70 bits per heavy atom. The average molecular weight is 911 g/mol. The summed E-state index contributed by atoms with van der Waals surface area (Å²) in [6, 6.07) is 13.7. The van der Waals surface area contributed by atoms with E-state index in [4.69, 9.17) is 19.1 Å². The number of carbonyl (C=O) groups is 1. The number of imidazole rings is 1. The van der Waals surface area contributed by atoms with E-state index in [0.717, 1.165) is 29.3 Å². The van der Waals surface area contributed by atoms with Gasteiger partial charge < -0.3 is 18.9 Å². The van der Waals surface area contributed by atoms with Gasteiger partial charge in [-0.1, -0.05) is 18.1 Å².